The minimum atomic E-state index is -0.822. The number of fused-ring (bicyclic) bond motifs is 1. The quantitative estimate of drug-likeness (QED) is 0.889. The summed E-state index contributed by atoms with van der Waals surface area (Å²) < 4.78 is 1.05. The van der Waals surface area contributed by atoms with Gasteiger partial charge in [-0.25, -0.2) is 4.79 Å². The van der Waals surface area contributed by atoms with E-state index in [1.54, 1.807) is 0 Å². The molecule has 1 aromatic carbocycles. The van der Waals surface area contributed by atoms with E-state index >= 15 is 0 Å². The first-order valence-corrected chi connectivity index (χ1v) is 6.95. The van der Waals surface area contributed by atoms with E-state index in [2.05, 4.69) is 12.2 Å². The van der Waals surface area contributed by atoms with Crippen LogP contribution in [0.3, 0.4) is 0 Å². The molecule has 0 saturated heterocycles. The third kappa shape index (κ3) is 2.02. The number of hydrogen-bond acceptors (Lipinski definition) is 3. The fourth-order valence-corrected chi connectivity index (χ4v) is 3.35. The van der Waals surface area contributed by atoms with Gasteiger partial charge >= 0.3 is 5.97 Å². The van der Waals surface area contributed by atoms with Gasteiger partial charge in [-0.15, -0.1) is 11.3 Å². The number of nitrogens with one attached hydrogen (secondary N) is 1. The second-order valence-corrected chi connectivity index (χ2v) is 5.96. The maximum Gasteiger partial charge on any atom is 0.346 e. The molecule has 2 unspecified atom stereocenters. The van der Waals surface area contributed by atoms with E-state index in [4.69, 9.17) is 0 Å². The molecule has 0 radical (unpaired) electrons. The van der Waals surface area contributed by atoms with E-state index in [-0.39, 0.29) is 0 Å². The summed E-state index contributed by atoms with van der Waals surface area (Å²) in [4.78, 5) is 11.8. The molecule has 1 heterocycles. The van der Waals surface area contributed by atoms with E-state index in [1.807, 2.05) is 24.3 Å². The van der Waals surface area contributed by atoms with Crippen LogP contribution in [0.4, 0.5) is 0 Å². The number of carboxylic acids is 1. The molecule has 0 bridgehead atoms. The molecule has 4 heteroatoms. The molecular weight excluding hydrogens is 246 g/mol. The minimum Gasteiger partial charge on any atom is -0.477 e. The van der Waals surface area contributed by atoms with E-state index in [9.17, 15) is 9.90 Å². The molecule has 3 rings (SSSR count). The van der Waals surface area contributed by atoms with E-state index < -0.39 is 5.97 Å². The molecule has 2 atom stereocenters. The Hall–Kier alpha value is -1.39. The van der Waals surface area contributed by atoms with Crippen LogP contribution in [0, 0.1) is 5.92 Å². The van der Waals surface area contributed by atoms with Gasteiger partial charge in [-0.1, -0.05) is 25.1 Å². The van der Waals surface area contributed by atoms with Crippen molar-refractivity contribution in [3.8, 4) is 0 Å². The van der Waals surface area contributed by atoms with Gasteiger partial charge in [-0.3, -0.25) is 0 Å². The Bertz CT molecular complexity index is 605. The number of benzene rings is 1. The van der Waals surface area contributed by atoms with Gasteiger partial charge in [0, 0.05) is 17.3 Å². The number of carbonyl (C=O) groups is 1. The lowest BCUT2D eigenvalue weighted by Gasteiger charge is -2.04. The maximum absolute atomic E-state index is 11.3. The fourth-order valence-electron chi connectivity index (χ4n) is 2.29. The van der Waals surface area contributed by atoms with Crippen molar-refractivity contribution in [3.63, 3.8) is 0 Å². The Balaban J connectivity index is 1.95. The molecule has 0 aliphatic heterocycles. The molecule has 2 aromatic rings. The van der Waals surface area contributed by atoms with Crippen LogP contribution in [-0.2, 0) is 6.54 Å². The van der Waals surface area contributed by atoms with Crippen LogP contribution in [0.1, 0.15) is 28.6 Å². The first-order valence-electron chi connectivity index (χ1n) is 6.14. The predicted octanol–water partition coefficient (Wildman–Crippen LogP) is 3.10. The molecule has 0 spiro atoms. The normalized spacial score (nSPS) is 22.3. The summed E-state index contributed by atoms with van der Waals surface area (Å²) in [6.07, 6.45) is 1.20. The number of thiophene rings is 1. The van der Waals surface area contributed by atoms with Crippen LogP contribution in [0.25, 0.3) is 10.1 Å². The van der Waals surface area contributed by atoms with Crippen LogP contribution in [0.5, 0.6) is 0 Å². The second kappa shape index (κ2) is 4.37. The lowest BCUT2D eigenvalue weighted by atomic mass is 10.1. The highest BCUT2D eigenvalue weighted by Crippen LogP contribution is 2.33. The number of rotatable bonds is 4. The molecule has 1 aromatic heterocycles. The first-order chi connectivity index (χ1) is 8.66. The van der Waals surface area contributed by atoms with Crippen LogP contribution >= 0.6 is 11.3 Å². The van der Waals surface area contributed by atoms with Crippen LogP contribution in [-0.4, -0.2) is 17.1 Å². The van der Waals surface area contributed by atoms with Gasteiger partial charge in [-0.2, -0.15) is 0 Å². The highest BCUT2D eigenvalue weighted by atomic mass is 32.1. The minimum absolute atomic E-state index is 0.469. The maximum atomic E-state index is 11.3. The van der Waals surface area contributed by atoms with E-state index in [0.29, 0.717) is 17.5 Å². The van der Waals surface area contributed by atoms with Crippen molar-refractivity contribution >= 4 is 27.4 Å². The molecule has 2 N–H and O–H groups in total. The Morgan fingerprint density at radius 3 is 2.89 bits per heavy atom. The molecule has 94 valence electrons. The van der Waals surface area contributed by atoms with Crippen LogP contribution in [0.2, 0.25) is 0 Å². The number of hydrogen-bond donors (Lipinski definition) is 2. The molecule has 18 heavy (non-hydrogen) atoms. The van der Waals surface area contributed by atoms with Crippen molar-refractivity contribution in [2.75, 3.05) is 0 Å². The summed E-state index contributed by atoms with van der Waals surface area (Å²) in [5.41, 5.74) is 0.933. The zero-order chi connectivity index (χ0) is 12.7. The Morgan fingerprint density at radius 1 is 1.50 bits per heavy atom. The first kappa shape index (κ1) is 11.7. The molecule has 3 nitrogen and oxygen atoms in total. The molecular formula is C14H15NO2S. The molecule has 1 saturated carbocycles. The van der Waals surface area contributed by atoms with Crippen molar-refractivity contribution in [1.29, 1.82) is 0 Å². The Kier molecular flexibility index (Phi) is 2.84. The average Bonchev–Trinajstić information content (AvgIpc) is 2.92. The highest BCUT2D eigenvalue weighted by molar-refractivity contribution is 7.21. The van der Waals surface area contributed by atoms with Crippen molar-refractivity contribution in [2.24, 2.45) is 5.92 Å². The predicted molar refractivity (Wildman–Crippen MR) is 73.2 cm³/mol. The van der Waals surface area contributed by atoms with Crippen molar-refractivity contribution in [3.05, 3.63) is 34.7 Å². The van der Waals surface area contributed by atoms with Gasteiger partial charge in [0.2, 0.25) is 0 Å². The topological polar surface area (TPSA) is 49.3 Å². The Labute approximate surface area is 109 Å². The second-order valence-electron chi connectivity index (χ2n) is 4.91. The largest absolute Gasteiger partial charge is 0.477 e. The van der Waals surface area contributed by atoms with Gasteiger partial charge in [0.15, 0.2) is 0 Å². The smallest absolute Gasteiger partial charge is 0.346 e. The molecule has 1 aliphatic rings. The van der Waals surface area contributed by atoms with Gasteiger partial charge in [0.25, 0.3) is 0 Å². The fraction of sp³-hybridized carbons (Fsp3) is 0.357. The summed E-state index contributed by atoms with van der Waals surface area (Å²) in [6, 6.07) is 8.46. The van der Waals surface area contributed by atoms with E-state index in [0.717, 1.165) is 21.6 Å². The molecule has 0 amide bonds. The van der Waals surface area contributed by atoms with Crippen LogP contribution in [0.15, 0.2) is 24.3 Å². The third-order valence-corrected chi connectivity index (χ3v) is 4.74. The van der Waals surface area contributed by atoms with E-state index in [1.165, 1.54) is 17.8 Å². The molecule has 1 fully saturated rings. The summed E-state index contributed by atoms with van der Waals surface area (Å²) in [7, 11) is 0. The van der Waals surface area contributed by atoms with Gasteiger partial charge in [-0.05, 0) is 29.4 Å². The van der Waals surface area contributed by atoms with Gasteiger partial charge < -0.3 is 10.4 Å². The highest BCUT2D eigenvalue weighted by Gasteiger charge is 2.32. The van der Waals surface area contributed by atoms with Gasteiger partial charge in [0.05, 0.1) is 0 Å². The lowest BCUT2D eigenvalue weighted by Crippen LogP contribution is -2.18. The monoisotopic (exact) mass is 261 g/mol. The summed E-state index contributed by atoms with van der Waals surface area (Å²) in [6.45, 7) is 2.86. The molecule has 1 aliphatic carbocycles. The zero-order valence-corrected chi connectivity index (χ0v) is 11.0. The summed E-state index contributed by atoms with van der Waals surface area (Å²) in [5.74, 6) is -0.0972. The Morgan fingerprint density at radius 2 is 2.22 bits per heavy atom. The summed E-state index contributed by atoms with van der Waals surface area (Å²) in [5, 5.41) is 13.8. The average molecular weight is 261 g/mol. The van der Waals surface area contributed by atoms with Crippen molar-refractivity contribution < 1.29 is 9.90 Å². The standard InChI is InChI=1S/C14H15NO2S/c1-8-6-11(8)15-7-10-9-4-2-3-5-12(9)18-13(10)14(16)17/h2-5,8,11,15H,6-7H2,1H3,(H,16,17). The zero-order valence-electron chi connectivity index (χ0n) is 10.1. The number of carboxylic acid groups (broad SMARTS) is 1. The van der Waals surface area contributed by atoms with Gasteiger partial charge in [0.1, 0.15) is 4.88 Å². The van der Waals surface area contributed by atoms with Crippen LogP contribution < -0.4 is 5.32 Å². The van der Waals surface area contributed by atoms with Crippen molar-refractivity contribution in [1.82, 2.24) is 5.32 Å². The SMILES string of the molecule is CC1CC1NCc1c(C(=O)O)sc2ccccc12. The number of aromatic carboxylic acids is 1. The lowest BCUT2D eigenvalue weighted by molar-refractivity contribution is 0.0701. The third-order valence-electron chi connectivity index (χ3n) is 3.54. The summed E-state index contributed by atoms with van der Waals surface area (Å²) >= 11 is 1.37. The van der Waals surface area contributed by atoms with Crippen molar-refractivity contribution in [2.45, 2.75) is 25.9 Å².